The molecular formula is C30H22ClF6NO. The van der Waals surface area contributed by atoms with Crippen LogP contribution in [-0.2, 0) is 35.5 Å². The summed E-state index contributed by atoms with van der Waals surface area (Å²) in [5, 5.41) is 3.27. The van der Waals surface area contributed by atoms with Gasteiger partial charge in [-0.25, -0.2) is 0 Å². The maximum atomic E-state index is 13.7. The second kappa shape index (κ2) is 11.1. The number of carbonyl (C=O) groups is 1. The van der Waals surface area contributed by atoms with Crippen LogP contribution in [0.5, 0.6) is 0 Å². The van der Waals surface area contributed by atoms with E-state index in [1.54, 1.807) is 54.6 Å². The van der Waals surface area contributed by atoms with Crippen molar-refractivity contribution in [3.8, 4) is 0 Å². The van der Waals surface area contributed by atoms with Crippen molar-refractivity contribution in [2.24, 2.45) is 0 Å². The zero-order valence-electron chi connectivity index (χ0n) is 20.3. The minimum absolute atomic E-state index is 0.00930. The molecule has 0 spiro atoms. The second-order valence-electron chi connectivity index (χ2n) is 9.08. The lowest BCUT2D eigenvalue weighted by molar-refractivity contribution is -0.138. The Kier molecular flexibility index (Phi) is 8.07. The number of rotatable bonds is 7. The molecule has 0 atom stereocenters. The lowest BCUT2D eigenvalue weighted by Gasteiger charge is -2.37. The molecule has 0 radical (unpaired) electrons. The van der Waals surface area contributed by atoms with Gasteiger partial charge >= 0.3 is 12.4 Å². The summed E-state index contributed by atoms with van der Waals surface area (Å²) >= 11 is 5.92. The van der Waals surface area contributed by atoms with E-state index < -0.39 is 34.9 Å². The number of halogens is 7. The van der Waals surface area contributed by atoms with Crippen molar-refractivity contribution in [2.75, 3.05) is 0 Å². The highest BCUT2D eigenvalue weighted by molar-refractivity contribution is 6.30. The predicted octanol–water partition coefficient (Wildman–Crippen LogP) is 8.22. The number of benzene rings is 4. The van der Waals surface area contributed by atoms with E-state index in [1.807, 2.05) is 0 Å². The Morgan fingerprint density at radius 3 is 1.59 bits per heavy atom. The number of amides is 1. The van der Waals surface area contributed by atoms with Gasteiger partial charge in [0, 0.05) is 11.4 Å². The van der Waals surface area contributed by atoms with E-state index in [2.05, 4.69) is 5.32 Å². The smallest absolute Gasteiger partial charge is 0.342 e. The normalized spacial score (nSPS) is 12.3. The molecule has 0 aromatic heterocycles. The van der Waals surface area contributed by atoms with Crippen molar-refractivity contribution in [3.63, 3.8) is 0 Å². The third kappa shape index (κ3) is 6.81. The summed E-state index contributed by atoms with van der Waals surface area (Å²) in [6.45, 7) is 0. The van der Waals surface area contributed by atoms with Crippen LogP contribution in [0.15, 0.2) is 103 Å². The van der Waals surface area contributed by atoms with Crippen LogP contribution in [0, 0.1) is 0 Å². The van der Waals surface area contributed by atoms with Crippen LogP contribution in [0.2, 0.25) is 5.02 Å². The fourth-order valence-electron chi connectivity index (χ4n) is 4.45. The maximum absolute atomic E-state index is 13.7. The van der Waals surface area contributed by atoms with Crippen LogP contribution >= 0.6 is 11.6 Å². The van der Waals surface area contributed by atoms with E-state index in [0.717, 1.165) is 24.3 Å². The summed E-state index contributed by atoms with van der Waals surface area (Å²) < 4.78 is 82.4. The van der Waals surface area contributed by atoms with Crippen LogP contribution in [-0.4, -0.2) is 5.91 Å². The van der Waals surface area contributed by atoms with Crippen molar-refractivity contribution in [2.45, 2.75) is 30.7 Å². The Morgan fingerprint density at radius 1 is 0.615 bits per heavy atom. The number of hydrogen-bond donors (Lipinski definition) is 1. The molecule has 0 aliphatic carbocycles. The van der Waals surface area contributed by atoms with Gasteiger partial charge in [-0.05, 0) is 58.7 Å². The van der Waals surface area contributed by atoms with Crippen molar-refractivity contribution in [1.29, 1.82) is 0 Å². The first kappa shape index (κ1) is 28.2. The molecule has 4 aromatic carbocycles. The first-order valence-electron chi connectivity index (χ1n) is 11.8. The molecule has 9 heteroatoms. The lowest BCUT2D eigenvalue weighted by Crippen LogP contribution is -2.49. The second-order valence-corrected chi connectivity index (χ2v) is 9.51. The predicted molar refractivity (Wildman–Crippen MR) is 137 cm³/mol. The monoisotopic (exact) mass is 561 g/mol. The Morgan fingerprint density at radius 2 is 1.10 bits per heavy atom. The minimum atomic E-state index is -4.71. The fourth-order valence-corrected chi connectivity index (χ4v) is 4.58. The molecule has 0 saturated heterocycles. The van der Waals surface area contributed by atoms with Gasteiger partial charge in [0.2, 0.25) is 5.91 Å². The molecule has 2 nitrogen and oxygen atoms in total. The van der Waals surface area contributed by atoms with Crippen LogP contribution in [0.4, 0.5) is 26.3 Å². The van der Waals surface area contributed by atoms with Gasteiger partial charge in [0.15, 0.2) is 0 Å². The van der Waals surface area contributed by atoms with E-state index in [9.17, 15) is 31.1 Å². The first-order valence-corrected chi connectivity index (χ1v) is 12.2. The first-order chi connectivity index (χ1) is 18.4. The van der Waals surface area contributed by atoms with Gasteiger partial charge in [0.25, 0.3) is 0 Å². The average molecular weight is 562 g/mol. The maximum Gasteiger partial charge on any atom is 0.416 e. The number of alkyl halides is 6. The van der Waals surface area contributed by atoms with Gasteiger partial charge in [0.05, 0.1) is 23.1 Å². The molecule has 0 heterocycles. The molecule has 1 amide bonds. The summed E-state index contributed by atoms with van der Waals surface area (Å²) in [4.78, 5) is 13.4. The zero-order valence-corrected chi connectivity index (χ0v) is 21.0. The van der Waals surface area contributed by atoms with E-state index in [0.29, 0.717) is 16.1 Å². The minimum Gasteiger partial charge on any atom is -0.342 e. The van der Waals surface area contributed by atoms with E-state index in [-0.39, 0.29) is 24.0 Å². The average Bonchev–Trinajstić information content (AvgIpc) is 2.89. The summed E-state index contributed by atoms with van der Waals surface area (Å²) in [7, 11) is 0. The summed E-state index contributed by atoms with van der Waals surface area (Å²) in [5.74, 6) is -0.594. The van der Waals surface area contributed by atoms with E-state index >= 15 is 0 Å². The van der Waals surface area contributed by atoms with E-state index in [1.165, 1.54) is 24.3 Å². The van der Waals surface area contributed by atoms with Gasteiger partial charge < -0.3 is 5.32 Å². The van der Waals surface area contributed by atoms with Gasteiger partial charge in [-0.15, -0.1) is 0 Å². The van der Waals surface area contributed by atoms with Crippen LogP contribution < -0.4 is 5.32 Å². The molecule has 0 bridgehead atoms. The largest absolute Gasteiger partial charge is 0.416 e. The molecule has 0 saturated carbocycles. The quantitative estimate of drug-likeness (QED) is 0.226. The van der Waals surface area contributed by atoms with Crippen LogP contribution in [0.25, 0.3) is 0 Å². The topological polar surface area (TPSA) is 29.1 Å². The van der Waals surface area contributed by atoms with Crippen LogP contribution in [0.3, 0.4) is 0 Å². The highest BCUT2D eigenvalue weighted by atomic mass is 35.5. The molecule has 0 unspecified atom stereocenters. The van der Waals surface area contributed by atoms with Crippen molar-refractivity contribution in [1.82, 2.24) is 5.32 Å². The highest BCUT2D eigenvalue weighted by Crippen LogP contribution is 2.39. The molecule has 0 fully saturated rings. The molecule has 4 rings (SSSR count). The molecule has 39 heavy (non-hydrogen) atoms. The third-order valence-corrected chi connectivity index (χ3v) is 6.56. The Hall–Kier alpha value is -3.78. The van der Waals surface area contributed by atoms with E-state index in [4.69, 9.17) is 11.6 Å². The van der Waals surface area contributed by atoms with Crippen molar-refractivity contribution >= 4 is 17.5 Å². The van der Waals surface area contributed by atoms with Gasteiger partial charge in [0.1, 0.15) is 0 Å². The Bertz CT molecular complexity index is 1380. The molecule has 0 aliphatic rings. The van der Waals surface area contributed by atoms with Crippen molar-refractivity contribution < 1.29 is 31.1 Å². The zero-order chi connectivity index (χ0) is 28.3. The van der Waals surface area contributed by atoms with Gasteiger partial charge in [-0.2, -0.15) is 26.3 Å². The summed E-state index contributed by atoms with van der Waals surface area (Å²) in [6, 6.07) is 23.5. The highest BCUT2D eigenvalue weighted by Gasteiger charge is 2.40. The Labute approximate surface area is 226 Å². The summed E-state index contributed by atoms with van der Waals surface area (Å²) in [6.07, 6.45) is -9.71. The summed E-state index contributed by atoms with van der Waals surface area (Å²) in [5.41, 5.74) is -2.60. The Balaban J connectivity index is 1.92. The standard InChI is InChI=1S/C30H22ClF6NO/c31-26-14-12-20(13-15-26)16-27(39)38-28(19-21-6-2-1-3-7-21,22-8-4-10-24(17-22)29(32,33)34)23-9-5-11-25(18-23)30(35,36)37/h1-15,17-18H,16,19H2,(H,38,39). The molecule has 202 valence electrons. The fraction of sp³-hybridized carbons (Fsp3) is 0.167. The number of carbonyl (C=O) groups excluding carboxylic acids is 1. The molecular weight excluding hydrogens is 540 g/mol. The van der Waals surface area contributed by atoms with Gasteiger partial charge in [-0.3, -0.25) is 4.79 Å². The van der Waals surface area contributed by atoms with Crippen LogP contribution in [0.1, 0.15) is 33.4 Å². The van der Waals surface area contributed by atoms with Gasteiger partial charge in [-0.1, -0.05) is 78.3 Å². The SMILES string of the molecule is O=C(Cc1ccc(Cl)cc1)NC(Cc1ccccc1)(c1cccc(C(F)(F)F)c1)c1cccc(C(F)(F)F)c1. The molecule has 4 aromatic rings. The third-order valence-electron chi connectivity index (χ3n) is 6.31. The van der Waals surface area contributed by atoms with Crippen molar-refractivity contribution in [3.05, 3.63) is 142 Å². The lowest BCUT2D eigenvalue weighted by atomic mass is 9.76. The molecule has 0 aliphatic heterocycles. The molecule has 1 N–H and O–H groups in total. The number of hydrogen-bond acceptors (Lipinski definition) is 1. The number of nitrogens with one attached hydrogen (secondary N) is 1.